The molecule has 28 heavy (non-hydrogen) atoms. The zero-order valence-corrected chi connectivity index (χ0v) is 16.5. The average Bonchev–Trinajstić information content (AvgIpc) is 2.73. The van der Waals surface area contributed by atoms with E-state index in [4.69, 9.17) is 0 Å². The number of nitrogens with one attached hydrogen (secondary N) is 3. The van der Waals surface area contributed by atoms with Crippen LogP contribution in [0.1, 0.15) is 53.3 Å². The first-order chi connectivity index (χ1) is 13.6. The van der Waals surface area contributed by atoms with Crippen molar-refractivity contribution in [1.29, 1.82) is 0 Å². The highest BCUT2D eigenvalue weighted by atomic mass is 16.2. The molecule has 0 aliphatic carbocycles. The molecule has 2 atom stereocenters. The van der Waals surface area contributed by atoms with Gasteiger partial charge in [-0.3, -0.25) is 9.59 Å². The first-order valence-electron chi connectivity index (χ1n) is 10.2. The molecule has 1 saturated heterocycles. The van der Waals surface area contributed by atoms with E-state index < -0.39 is 0 Å². The molecule has 148 valence electrons. The van der Waals surface area contributed by atoms with Crippen LogP contribution in [0.3, 0.4) is 0 Å². The van der Waals surface area contributed by atoms with Gasteiger partial charge in [-0.05, 0) is 50.5 Å². The number of piperidine rings is 1. The van der Waals surface area contributed by atoms with Crippen LogP contribution in [-0.2, 0) is 0 Å². The van der Waals surface area contributed by atoms with E-state index in [1.165, 1.54) is 25.8 Å². The summed E-state index contributed by atoms with van der Waals surface area (Å²) in [5.74, 6) is -0.366. The van der Waals surface area contributed by atoms with Crippen LogP contribution in [0.25, 0.3) is 0 Å². The Kier molecular flexibility index (Phi) is 7.20. The minimum Gasteiger partial charge on any atom is -0.352 e. The lowest BCUT2D eigenvalue weighted by atomic mass is 10.0. The normalized spacial score (nSPS) is 19.0. The summed E-state index contributed by atoms with van der Waals surface area (Å²) in [6, 6.07) is 16.9. The number of para-hydroxylation sites is 1. The lowest BCUT2D eigenvalue weighted by Crippen LogP contribution is -3.16. The molecule has 2 aromatic carbocycles. The average molecular weight is 381 g/mol. The quantitative estimate of drug-likeness (QED) is 0.647. The first-order valence-corrected chi connectivity index (χ1v) is 10.2. The fourth-order valence-corrected chi connectivity index (χ4v) is 3.81. The van der Waals surface area contributed by atoms with Gasteiger partial charge in [0.15, 0.2) is 0 Å². The number of hydrogen-bond donors (Lipinski definition) is 3. The molecule has 0 bridgehead atoms. The van der Waals surface area contributed by atoms with Crippen LogP contribution in [-0.4, -0.2) is 37.5 Å². The molecule has 3 N–H and O–H groups in total. The third kappa shape index (κ3) is 5.42. The van der Waals surface area contributed by atoms with Crippen molar-refractivity contribution in [2.45, 2.75) is 38.6 Å². The lowest BCUT2D eigenvalue weighted by molar-refractivity contribution is -0.928. The Bertz CT molecular complexity index is 791. The van der Waals surface area contributed by atoms with Gasteiger partial charge in [0, 0.05) is 18.5 Å². The third-order valence-electron chi connectivity index (χ3n) is 5.50. The topological polar surface area (TPSA) is 62.6 Å². The number of rotatable bonds is 7. The van der Waals surface area contributed by atoms with E-state index in [1.54, 1.807) is 29.2 Å². The molecule has 2 amide bonds. The molecule has 3 rings (SSSR count). The zero-order valence-electron chi connectivity index (χ0n) is 16.5. The highest BCUT2D eigenvalue weighted by Crippen LogP contribution is 2.16. The van der Waals surface area contributed by atoms with Crippen LogP contribution < -0.4 is 15.5 Å². The smallest absolute Gasteiger partial charge is 0.255 e. The number of quaternary nitrogens is 1. The van der Waals surface area contributed by atoms with Gasteiger partial charge < -0.3 is 15.5 Å². The van der Waals surface area contributed by atoms with E-state index in [9.17, 15) is 9.59 Å². The molecule has 0 spiro atoms. The molecule has 5 heteroatoms. The van der Waals surface area contributed by atoms with Crippen molar-refractivity contribution >= 4 is 17.5 Å². The minimum absolute atomic E-state index is 0.148. The van der Waals surface area contributed by atoms with Gasteiger partial charge in [-0.2, -0.15) is 0 Å². The van der Waals surface area contributed by atoms with Crippen LogP contribution in [0.5, 0.6) is 0 Å². The molecule has 1 aliphatic heterocycles. The number of carbonyl (C=O) groups is 2. The number of likely N-dealkylation sites (tertiary alicyclic amines) is 1. The molecule has 1 aliphatic rings. The molecule has 0 saturated carbocycles. The summed E-state index contributed by atoms with van der Waals surface area (Å²) in [7, 11) is 0. The van der Waals surface area contributed by atoms with Crippen LogP contribution in [0.4, 0.5) is 5.69 Å². The second-order valence-electron chi connectivity index (χ2n) is 7.53. The summed E-state index contributed by atoms with van der Waals surface area (Å²) in [5, 5.41) is 5.85. The Morgan fingerprint density at radius 1 is 1.00 bits per heavy atom. The highest BCUT2D eigenvalue weighted by Gasteiger charge is 2.21. The first kappa shape index (κ1) is 20.1. The predicted molar refractivity (Wildman–Crippen MR) is 112 cm³/mol. The Hall–Kier alpha value is -2.66. The Morgan fingerprint density at radius 3 is 2.54 bits per heavy atom. The molecule has 1 fully saturated rings. The summed E-state index contributed by atoms with van der Waals surface area (Å²) in [6.45, 7) is 5.30. The molecular weight excluding hydrogens is 350 g/mol. The van der Waals surface area contributed by atoms with E-state index in [-0.39, 0.29) is 11.8 Å². The minimum atomic E-state index is -0.219. The van der Waals surface area contributed by atoms with E-state index in [1.807, 2.05) is 30.3 Å². The Morgan fingerprint density at radius 2 is 1.75 bits per heavy atom. The summed E-state index contributed by atoms with van der Waals surface area (Å²) in [4.78, 5) is 26.7. The van der Waals surface area contributed by atoms with Crippen molar-refractivity contribution in [1.82, 2.24) is 5.32 Å². The van der Waals surface area contributed by atoms with Crippen LogP contribution >= 0.6 is 0 Å². The fourth-order valence-electron chi connectivity index (χ4n) is 3.81. The van der Waals surface area contributed by atoms with Crippen molar-refractivity contribution in [2.75, 3.05) is 25.0 Å². The van der Waals surface area contributed by atoms with Crippen molar-refractivity contribution in [3.05, 3.63) is 65.7 Å². The summed E-state index contributed by atoms with van der Waals surface area (Å²) in [5.41, 5.74) is 1.59. The largest absolute Gasteiger partial charge is 0.352 e. The number of amides is 2. The monoisotopic (exact) mass is 380 g/mol. The lowest BCUT2D eigenvalue weighted by Gasteiger charge is -2.30. The molecule has 1 unspecified atom stereocenters. The molecule has 0 aromatic heterocycles. The van der Waals surface area contributed by atoms with Gasteiger partial charge in [0.1, 0.15) is 0 Å². The third-order valence-corrected chi connectivity index (χ3v) is 5.50. The maximum atomic E-state index is 12.6. The predicted octanol–water partition coefficient (Wildman–Crippen LogP) is 2.52. The molecule has 0 radical (unpaired) electrons. The van der Waals surface area contributed by atoms with Crippen molar-refractivity contribution in [3.63, 3.8) is 0 Å². The molecule has 1 heterocycles. The number of anilines is 1. The van der Waals surface area contributed by atoms with Gasteiger partial charge in [-0.1, -0.05) is 30.3 Å². The second-order valence-corrected chi connectivity index (χ2v) is 7.53. The van der Waals surface area contributed by atoms with Crippen molar-refractivity contribution in [2.24, 2.45) is 0 Å². The highest BCUT2D eigenvalue weighted by molar-refractivity contribution is 6.08. The van der Waals surface area contributed by atoms with Gasteiger partial charge in [0.05, 0.1) is 30.4 Å². The van der Waals surface area contributed by atoms with Crippen LogP contribution in [0.2, 0.25) is 0 Å². The van der Waals surface area contributed by atoms with Gasteiger partial charge in [0.2, 0.25) is 0 Å². The summed E-state index contributed by atoms with van der Waals surface area (Å²) < 4.78 is 0. The maximum Gasteiger partial charge on any atom is 0.255 e. The standard InChI is InChI=1S/C23H29N3O2/c1-18-10-7-8-16-26(18)17-9-15-24-23(28)20-13-5-6-14-21(20)25-22(27)19-11-3-2-4-12-19/h2-6,11-14,18H,7-10,15-17H2,1H3,(H,24,28)(H,25,27)/p+1/t18-/m0/s1. The molecular formula is C23H30N3O2+. The van der Waals surface area contributed by atoms with Crippen molar-refractivity contribution in [3.8, 4) is 0 Å². The number of benzene rings is 2. The number of carbonyl (C=O) groups excluding carboxylic acids is 2. The van der Waals surface area contributed by atoms with E-state index in [0.29, 0.717) is 23.4 Å². The van der Waals surface area contributed by atoms with Crippen LogP contribution in [0.15, 0.2) is 54.6 Å². The summed E-state index contributed by atoms with van der Waals surface area (Å²) >= 11 is 0. The zero-order chi connectivity index (χ0) is 19.8. The van der Waals surface area contributed by atoms with Gasteiger partial charge in [-0.25, -0.2) is 0 Å². The SMILES string of the molecule is C[C@H]1CCCC[NH+]1CCCNC(=O)c1ccccc1NC(=O)c1ccccc1. The Labute approximate surface area is 167 Å². The van der Waals surface area contributed by atoms with Gasteiger partial charge in [-0.15, -0.1) is 0 Å². The van der Waals surface area contributed by atoms with Crippen LogP contribution in [0, 0.1) is 0 Å². The molecule has 2 aromatic rings. The van der Waals surface area contributed by atoms with Gasteiger partial charge in [0.25, 0.3) is 11.8 Å². The Balaban J connectivity index is 1.53. The summed E-state index contributed by atoms with van der Waals surface area (Å²) in [6.07, 6.45) is 4.91. The molecule has 5 nitrogen and oxygen atoms in total. The van der Waals surface area contributed by atoms with Gasteiger partial charge >= 0.3 is 0 Å². The number of hydrogen-bond acceptors (Lipinski definition) is 2. The van der Waals surface area contributed by atoms with Crippen molar-refractivity contribution < 1.29 is 14.5 Å². The fraction of sp³-hybridized carbons (Fsp3) is 0.391. The van der Waals surface area contributed by atoms with E-state index in [0.717, 1.165) is 19.0 Å². The van der Waals surface area contributed by atoms with E-state index >= 15 is 0 Å². The maximum absolute atomic E-state index is 12.6. The second kappa shape index (κ2) is 10.0. The van der Waals surface area contributed by atoms with E-state index in [2.05, 4.69) is 17.6 Å².